The number of hydrogen-bond donors (Lipinski definition) is 3. The van der Waals surface area contributed by atoms with Gasteiger partial charge in [-0.25, -0.2) is 10.4 Å². The second-order valence-corrected chi connectivity index (χ2v) is 3.80. The van der Waals surface area contributed by atoms with E-state index < -0.39 is 0 Å². The van der Waals surface area contributed by atoms with Crippen molar-refractivity contribution in [2.45, 2.75) is 19.6 Å². The Morgan fingerprint density at radius 3 is 2.87 bits per heavy atom. The van der Waals surface area contributed by atoms with Gasteiger partial charge in [0.05, 0.1) is 12.7 Å². The SMILES string of the molecule is CC1NNC(=NCc2ccccc2Cl)N1. The maximum atomic E-state index is 6.01. The summed E-state index contributed by atoms with van der Waals surface area (Å²) in [5.41, 5.74) is 6.96. The van der Waals surface area contributed by atoms with Gasteiger partial charge in [-0.05, 0) is 18.6 Å². The summed E-state index contributed by atoms with van der Waals surface area (Å²) in [5, 5.41) is 3.88. The predicted octanol–water partition coefficient (Wildman–Crippen LogP) is 1.24. The summed E-state index contributed by atoms with van der Waals surface area (Å²) in [6, 6.07) is 7.71. The summed E-state index contributed by atoms with van der Waals surface area (Å²) in [7, 11) is 0. The largest absolute Gasteiger partial charge is 0.339 e. The highest BCUT2D eigenvalue weighted by molar-refractivity contribution is 6.31. The van der Waals surface area contributed by atoms with E-state index in [1.807, 2.05) is 31.2 Å². The van der Waals surface area contributed by atoms with Crippen LogP contribution in [0.1, 0.15) is 12.5 Å². The highest BCUT2D eigenvalue weighted by Gasteiger charge is 2.11. The van der Waals surface area contributed by atoms with Gasteiger partial charge in [-0.1, -0.05) is 29.8 Å². The van der Waals surface area contributed by atoms with Gasteiger partial charge in [0.15, 0.2) is 0 Å². The average Bonchev–Trinajstić information content (AvgIpc) is 2.63. The minimum atomic E-state index is 0.204. The lowest BCUT2D eigenvalue weighted by Crippen LogP contribution is -2.30. The van der Waals surface area contributed by atoms with E-state index in [9.17, 15) is 0 Å². The zero-order chi connectivity index (χ0) is 10.7. The Labute approximate surface area is 93.7 Å². The fraction of sp³-hybridized carbons (Fsp3) is 0.300. The van der Waals surface area contributed by atoms with Crippen LogP contribution in [-0.2, 0) is 6.54 Å². The van der Waals surface area contributed by atoms with Crippen LogP contribution < -0.4 is 16.2 Å². The van der Waals surface area contributed by atoms with E-state index in [1.165, 1.54) is 0 Å². The number of benzene rings is 1. The Bertz CT molecular complexity index is 377. The predicted molar refractivity (Wildman–Crippen MR) is 61.5 cm³/mol. The summed E-state index contributed by atoms with van der Waals surface area (Å²) in [4.78, 5) is 4.35. The van der Waals surface area contributed by atoms with Crippen molar-refractivity contribution in [3.8, 4) is 0 Å². The van der Waals surface area contributed by atoms with Crippen molar-refractivity contribution >= 4 is 17.6 Å². The number of nitrogens with zero attached hydrogens (tertiary/aromatic N) is 1. The topological polar surface area (TPSA) is 48.5 Å². The van der Waals surface area contributed by atoms with Crippen LogP contribution in [0.3, 0.4) is 0 Å². The molecule has 1 aromatic carbocycles. The fourth-order valence-corrected chi connectivity index (χ4v) is 1.53. The molecule has 5 heteroatoms. The third-order valence-corrected chi connectivity index (χ3v) is 2.49. The normalized spacial score (nSPS) is 22.5. The molecule has 3 N–H and O–H groups in total. The molecule has 1 heterocycles. The molecule has 1 aromatic rings. The summed E-state index contributed by atoms with van der Waals surface area (Å²) in [6.45, 7) is 2.58. The molecule has 80 valence electrons. The number of aliphatic imine (C=N–C) groups is 1. The van der Waals surface area contributed by atoms with Crippen LogP contribution in [-0.4, -0.2) is 12.1 Å². The van der Waals surface area contributed by atoms with Crippen LogP contribution in [0.4, 0.5) is 0 Å². The Morgan fingerprint density at radius 1 is 1.40 bits per heavy atom. The molecule has 0 radical (unpaired) electrons. The van der Waals surface area contributed by atoms with E-state index in [2.05, 4.69) is 21.2 Å². The van der Waals surface area contributed by atoms with Gasteiger partial charge >= 0.3 is 0 Å². The van der Waals surface area contributed by atoms with Crippen molar-refractivity contribution in [3.63, 3.8) is 0 Å². The average molecular weight is 225 g/mol. The van der Waals surface area contributed by atoms with E-state index in [0.717, 1.165) is 16.5 Å². The van der Waals surface area contributed by atoms with Crippen molar-refractivity contribution in [1.82, 2.24) is 16.2 Å². The number of nitrogens with one attached hydrogen (secondary N) is 3. The molecule has 1 unspecified atom stereocenters. The summed E-state index contributed by atoms with van der Waals surface area (Å²) >= 11 is 6.01. The molecule has 15 heavy (non-hydrogen) atoms. The molecular weight excluding hydrogens is 212 g/mol. The molecular formula is C10H13ClN4. The molecule has 4 nitrogen and oxygen atoms in total. The second kappa shape index (κ2) is 4.51. The number of rotatable bonds is 2. The highest BCUT2D eigenvalue weighted by Crippen LogP contribution is 2.15. The van der Waals surface area contributed by atoms with Gasteiger partial charge in [0, 0.05) is 5.02 Å². The van der Waals surface area contributed by atoms with E-state index >= 15 is 0 Å². The van der Waals surface area contributed by atoms with Crippen molar-refractivity contribution in [1.29, 1.82) is 0 Å². The lowest BCUT2D eigenvalue weighted by molar-refractivity contribution is 0.570. The van der Waals surface area contributed by atoms with Gasteiger partial charge in [0.2, 0.25) is 5.96 Å². The first kappa shape index (κ1) is 10.3. The summed E-state index contributed by atoms with van der Waals surface area (Å²) in [6.07, 6.45) is 0.204. The van der Waals surface area contributed by atoms with Crippen molar-refractivity contribution in [3.05, 3.63) is 34.9 Å². The molecule has 0 saturated carbocycles. The zero-order valence-corrected chi connectivity index (χ0v) is 9.17. The Kier molecular flexibility index (Phi) is 3.08. The maximum Gasteiger partial charge on any atom is 0.207 e. The molecule has 0 amide bonds. The quantitative estimate of drug-likeness (QED) is 0.709. The standard InChI is InChI=1S/C10H13ClN4/c1-7-13-10(15-14-7)12-6-8-4-2-3-5-9(8)11/h2-5,7,14H,6H2,1H3,(H2,12,13,15). The first-order valence-electron chi connectivity index (χ1n) is 4.81. The molecule has 1 aliphatic rings. The van der Waals surface area contributed by atoms with E-state index in [4.69, 9.17) is 11.6 Å². The minimum Gasteiger partial charge on any atom is -0.339 e. The van der Waals surface area contributed by atoms with Crippen LogP contribution in [0.2, 0.25) is 5.02 Å². The third-order valence-electron chi connectivity index (χ3n) is 2.13. The van der Waals surface area contributed by atoms with E-state index in [0.29, 0.717) is 6.54 Å². The third kappa shape index (κ3) is 2.61. The Balaban J connectivity index is 2.01. The molecule has 0 aromatic heterocycles. The Hall–Kier alpha value is -1.26. The van der Waals surface area contributed by atoms with Crippen LogP contribution in [0, 0.1) is 0 Å². The molecule has 1 aliphatic heterocycles. The molecule has 2 rings (SSSR count). The van der Waals surface area contributed by atoms with E-state index in [-0.39, 0.29) is 6.17 Å². The molecule has 1 fully saturated rings. The number of guanidine groups is 1. The first-order valence-corrected chi connectivity index (χ1v) is 5.19. The van der Waals surface area contributed by atoms with Crippen LogP contribution >= 0.6 is 11.6 Å². The van der Waals surface area contributed by atoms with Crippen molar-refractivity contribution < 1.29 is 0 Å². The summed E-state index contributed by atoms with van der Waals surface area (Å²) in [5.74, 6) is 0.752. The van der Waals surface area contributed by atoms with Gasteiger partial charge in [-0.2, -0.15) is 0 Å². The van der Waals surface area contributed by atoms with Gasteiger partial charge < -0.3 is 5.32 Å². The highest BCUT2D eigenvalue weighted by atomic mass is 35.5. The fourth-order valence-electron chi connectivity index (χ4n) is 1.33. The minimum absolute atomic E-state index is 0.204. The number of hydrazine groups is 1. The molecule has 1 saturated heterocycles. The monoisotopic (exact) mass is 224 g/mol. The lowest BCUT2D eigenvalue weighted by atomic mass is 10.2. The van der Waals surface area contributed by atoms with Crippen molar-refractivity contribution in [2.75, 3.05) is 0 Å². The second-order valence-electron chi connectivity index (χ2n) is 3.39. The molecule has 1 atom stereocenters. The lowest BCUT2D eigenvalue weighted by Gasteiger charge is -2.01. The van der Waals surface area contributed by atoms with Crippen molar-refractivity contribution in [2.24, 2.45) is 4.99 Å². The number of hydrogen-bond acceptors (Lipinski definition) is 2. The molecule has 0 aliphatic carbocycles. The summed E-state index contributed by atoms with van der Waals surface area (Å²) < 4.78 is 0. The van der Waals surface area contributed by atoms with Gasteiger partial charge in [0.1, 0.15) is 0 Å². The maximum absolute atomic E-state index is 6.01. The number of halogens is 1. The van der Waals surface area contributed by atoms with Crippen LogP contribution in [0.25, 0.3) is 0 Å². The van der Waals surface area contributed by atoms with Crippen LogP contribution in [0.5, 0.6) is 0 Å². The van der Waals surface area contributed by atoms with Gasteiger partial charge in [-0.3, -0.25) is 5.43 Å². The smallest absolute Gasteiger partial charge is 0.207 e. The first-order chi connectivity index (χ1) is 7.25. The zero-order valence-electron chi connectivity index (χ0n) is 8.42. The van der Waals surface area contributed by atoms with Crippen LogP contribution in [0.15, 0.2) is 29.3 Å². The molecule has 0 bridgehead atoms. The molecule has 0 spiro atoms. The van der Waals surface area contributed by atoms with E-state index in [1.54, 1.807) is 0 Å². The Morgan fingerprint density at radius 2 is 2.20 bits per heavy atom. The van der Waals surface area contributed by atoms with Gasteiger partial charge in [-0.15, -0.1) is 0 Å². The van der Waals surface area contributed by atoms with Gasteiger partial charge in [0.25, 0.3) is 0 Å².